The minimum Gasteiger partial charge on any atom is -0.369 e. The first kappa shape index (κ1) is 19.8. The first-order valence-electron chi connectivity index (χ1n) is 8.38. The molecule has 27 heavy (non-hydrogen) atoms. The van der Waals surface area contributed by atoms with Gasteiger partial charge in [0.2, 0.25) is 0 Å². The minimum absolute atomic E-state index is 0.0747. The van der Waals surface area contributed by atoms with Gasteiger partial charge < -0.3 is 4.90 Å². The molecule has 9 heteroatoms. The largest absolute Gasteiger partial charge is 0.369 e. The average Bonchev–Trinajstić information content (AvgIpc) is 2.93. The lowest BCUT2D eigenvalue weighted by Crippen LogP contribution is -2.35. The van der Waals surface area contributed by atoms with Crippen molar-refractivity contribution >= 4 is 44.4 Å². The molecule has 1 aliphatic heterocycles. The fraction of sp³-hybridized carbons (Fsp3) is 0.333. The molecule has 0 N–H and O–H groups in total. The number of anilines is 1. The highest BCUT2D eigenvalue weighted by atomic mass is 35.5. The van der Waals surface area contributed by atoms with Crippen LogP contribution in [0.15, 0.2) is 34.5 Å². The normalized spacial score (nSPS) is 16.0. The van der Waals surface area contributed by atoms with Gasteiger partial charge in [-0.15, -0.1) is 11.3 Å². The molecule has 0 amide bonds. The molecule has 1 fully saturated rings. The topological polar surface area (TPSA) is 81.5 Å². The van der Waals surface area contributed by atoms with Crippen LogP contribution in [0.4, 0.5) is 5.69 Å². The molecule has 0 aliphatic carbocycles. The van der Waals surface area contributed by atoms with E-state index >= 15 is 0 Å². The summed E-state index contributed by atoms with van der Waals surface area (Å²) in [6.45, 7) is 3.21. The number of halogens is 1. The maximum absolute atomic E-state index is 12.8. The third-order valence-corrected chi connectivity index (χ3v) is 8.06. The van der Waals surface area contributed by atoms with Crippen molar-refractivity contribution < 1.29 is 13.2 Å². The molecule has 0 unspecified atom stereocenters. The first-order valence-corrected chi connectivity index (χ1v) is 11.0. The second-order valence-corrected chi connectivity index (χ2v) is 10.1. The summed E-state index contributed by atoms with van der Waals surface area (Å²) in [7, 11) is -3.59. The zero-order chi connectivity index (χ0) is 19.6. The SMILES string of the molecule is CC(=O)c1ccc(C#N)c(N2CCCN(S(=O)(=O)c3ccc(Cl)s3)CC2)c1. The highest BCUT2D eigenvalue weighted by Gasteiger charge is 2.29. The molecule has 1 aliphatic rings. The Morgan fingerprint density at radius 1 is 1.19 bits per heavy atom. The Kier molecular flexibility index (Phi) is 5.86. The Morgan fingerprint density at radius 2 is 1.96 bits per heavy atom. The van der Waals surface area contributed by atoms with E-state index in [1.54, 1.807) is 24.3 Å². The van der Waals surface area contributed by atoms with Crippen molar-refractivity contribution in [1.82, 2.24) is 4.31 Å². The fourth-order valence-corrected chi connectivity index (χ4v) is 6.15. The van der Waals surface area contributed by atoms with Crippen LogP contribution in [0.3, 0.4) is 0 Å². The molecule has 142 valence electrons. The van der Waals surface area contributed by atoms with Crippen molar-refractivity contribution in [3.05, 3.63) is 45.8 Å². The number of nitriles is 1. The van der Waals surface area contributed by atoms with E-state index in [0.29, 0.717) is 53.8 Å². The smallest absolute Gasteiger partial charge is 0.252 e. The highest BCUT2D eigenvalue weighted by molar-refractivity contribution is 7.91. The lowest BCUT2D eigenvalue weighted by molar-refractivity contribution is 0.101. The number of rotatable bonds is 4. The maximum atomic E-state index is 12.8. The van der Waals surface area contributed by atoms with Crippen LogP contribution in [0.5, 0.6) is 0 Å². The lowest BCUT2D eigenvalue weighted by Gasteiger charge is -2.24. The Labute approximate surface area is 167 Å². The molecule has 0 saturated carbocycles. The zero-order valence-electron chi connectivity index (χ0n) is 14.7. The fourth-order valence-electron chi connectivity index (χ4n) is 3.05. The van der Waals surface area contributed by atoms with Crippen molar-refractivity contribution in [3.63, 3.8) is 0 Å². The average molecular weight is 424 g/mol. The van der Waals surface area contributed by atoms with Gasteiger partial charge in [0, 0.05) is 31.7 Å². The monoisotopic (exact) mass is 423 g/mol. The summed E-state index contributed by atoms with van der Waals surface area (Å²) in [6.07, 6.45) is 0.619. The molecule has 0 bridgehead atoms. The van der Waals surface area contributed by atoms with E-state index in [1.165, 1.54) is 17.3 Å². The molecule has 0 spiro atoms. The second-order valence-electron chi connectivity index (χ2n) is 6.20. The molecule has 6 nitrogen and oxygen atoms in total. The number of hydrogen-bond acceptors (Lipinski definition) is 6. The molecule has 2 heterocycles. The highest BCUT2D eigenvalue weighted by Crippen LogP contribution is 2.29. The van der Waals surface area contributed by atoms with Gasteiger partial charge in [-0.25, -0.2) is 8.42 Å². The van der Waals surface area contributed by atoms with Gasteiger partial charge in [-0.05, 0) is 43.7 Å². The minimum atomic E-state index is -3.59. The van der Waals surface area contributed by atoms with Crippen LogP contribution in [0, 0.1) is 11.3 Å². The van der Waals surface area contributed by atoms with Crippen molar-refractivity contribution in [1.29, 1.82) is 5.26 Å². The number of sulfonamides is 1. The number of carbonyl (C=O) groups excluding carboxylic acids is 1. The van der Waals surface area contributed by atoms with Crippen molar-refractivity contribution in [2.24, 2.45) is 0 Å². The van der Waals surface area contributed by atoms with Gasteiger partial charge in [0.25, 0.3) is 10.0 Å². The number of ketones is 1. The maximum Gasteiger partial charge on any atom is 0.252 e. The Hall–Kier alpha value is -1.92. The molecule has 0 atom stereocenters. The summed E-state index contributed by atoms with van der Waals surface area (Å²) >= 11 is 6.93. The number of thiophene rings is 1. The third-order valence-electron chi connectivity index (χ3n) is 4.46. The van der Waals surface area contributed by atoms with E-state index in [4.69, 9.17) is 11.6 Å². The number of hydrogen-bond donors (Lipinski definition) is 0. The van der Waals surface area contributed by atoms with Crippen molar-refractivity contribution in [3.8, 4) is 6.07 Å². The molecular formula is C18H18ClN3O3S2. The van der Waals surface area contributed by atoms with E-state index in [0.717, 1.165) is 11.3 Å². The summed E-state index contributed by atoms with van der Waals surface area (Å²) in [5, 5.41) is 9.40. The van der Waals surface area contributed by atoms with Gasteiger partial charge in [-0.3, -0.25) is 4.79 Å². The number of Topliss-reactive ketones (excluding diaryl/α,β-unsaturated/α-hetero) is 1. The molecule has 2 aromatic rings. The summed E-state index contributed by atoms with van der Waals surface area (Å²) < 4.78 is 27.8. The molecule has 1 aromatic heterocycles. The van der Waals surface area contributed by atoms with Gasteiger partial charge >= 0.3 is 0 Å². The van der Waals surface area contributed by atoms with Gasteiger partial charge in [-0.2, -0.15) is 9.57 Å². The number of benzene rings is 1. The predicted octanol–water partition coefficient (Wildman–Crippen LogP) is 3.38. The van der Waals surface area contributed by atoms with Gasteiger partial charge in [0.15, 0.2) is 5.78 Å². The van der Waals surface area contributed by atoms with E-state index in [9.17, 15) is 18.5 Å². The third kappa shape index (κ3) is 4.17. The van der Waals surface area contributed by atoms with E-state index in [1.807, 2.05) is 4.90 Å². The van der Waals surface area contributed by atoms with Crippen LogP contribution in [0.1, 0.15) is 29.3 Å². The summed E-state index contributed by atoms with van der Waals surface area (Å²) in [6, 6.07) is 10.2. The molecule has 1 aromatic carbocycles. The first-order chi connectivity index (χ1) is 12.8. The summed E-state index contributed by atoms with van der Waals surface area (Å²) in [5.41, 5.74) is 1.68. The van der Waals surface area contributed by atoms with Crippen LogP contribution in [0.25, 0.3) is 0 Å². The van der Waals surface area contributed by atoms with Crippen LogP contribution >= 0.6 is 22.9 Å². The van der Waals surface area contributed by atoms with Gasteiger partial charge in [0.05, 0.1) is 15.6 Å². The molecule has 3 rings (SSSR count). The van der Waals surface area contributed by atoms with Crippen molar-refractivity contribution in [2.75, 3.05) is 31.1 Å². The van der Waals surface area contributed by atoms with E-state index in [2.05, 4.69) is 6.07 Å². The molecule has 0 radical (unpaired) electrons. The quantitative estimate of drug-likeness (QED) is 0.704. The van der Waals surface area contributed by atoms with Crippen molar-refractivity contribution in [2.45, 2.75) is 17.6 Å². The van der Waals surface area contributed by atoms with Gasteiger partial charge in [0.1, 0.15) is 10.3 Å². The standard InChI is InChI=1S/C18H18ClN3O3S2/c1-13(23)14-3-4-15(12-20)16(11-14)21-7-2-8-22(10-9-21)27(24,25)18-6-5-17(19)26-18/h3-6,11H,2,7-10H2,1H3. The summed E-state index contributed by atoms with van der Waals surface area (Å²) in [4.78, 5) is 13.7. The lowest BCUT2D eigenvalue weighted by atomic mass is 10.1. The Morgan fingerprint density at radius 3 is 2.59 bits per heavy atom. The molecular weight excluding hydrogens is 406 g/mol. The molecule has 1 saturated heterocycles. The summed E-state index contributed by atoms with van der Waals surface area (Å²) in [5.74, 6) is -0.0747. The van der Waals surface area contributed by atoms with Crippen LogP contribution in [0.2, 0.25) is 4.34 Å². The Bertz CT molecular complexity index is 1010. The number of carbonyl (C=O) groups is 1. The number of nitrogens with zero attached hydrogens (tertiary/aromatic N) is 3. The van der Waals surface area contributed by atoms with Crippen LogP contribution < -0.4 is 4.90 Å². The van der Waals surface area contributed by atoms with Crippen LogP contribution in [-0.4, -0.2) is 44.7 Å². The van der Waals surface area contributed by atoms with E-state index < -0.39 is 10.0 Å². The Balaban J connectivity index is 1.84. The van der Waals surface area contributed by atoms with Crippen LogP contribution in [-0.2, 0) is 10.0 Å². The zero-order valence-corrected chi connectivity index (χ0v) is 17.1. The second kappa shape index (κ2) is 7.98. The van der Waals surface area contributed by atoms with Gasteiger partial charge in [-0.1, -0.05) is 11.6 Å². The van der Waals surface area contributed by atoms with E-state index in [-0.39, 0.29) is 9.99 Å². The predicted molar refractivity (Wildman–Crippen MR) is 106 cm³/mol.